The zero-order valence-electron chi connectivity index (χ0n) is 12.9. The zero-order valence-corrected chi connectivity index (χ0v) is 12.9. The van der Waals surface area contributed by atoms with Gasteiger partial charge in [0.05, 0.1) is 13.2 Å². The number of hydrogen-bond acceptors (Lipinski definition) is 2. The van der Waals surface area contributed by atoms with Crippen molar-refractivity contribution in [3.63, 3.8) is 0 Å². The molecule has 1 atom stereocenters. The molecular weight excluding hydrogens is 262 g/mol. The van der Waals surface area contributed by atoms with Gasteiger partial charge in [0.15, 0.2) is 0 Å². The molecule has 0 bridgehead atoms. The van der Waals surface area contributed by atoms with E-state index < -0.39 is 0 Å². The van der Waals surface area contributed by atoms with E-state index in [2.05, 4.69) is 18.3 Å². The zero-order chi connectivity index (χ0) is 15.4. The number of methoxy groups -OCH3 is 1. The maximum absolute atomic E-state index is 12.3. The molecule has 0 heterocycles. The lowest BCUT2D eigenvalue weighted by Gasteiger charge is -2.17. The minimum Gasteiger partial charge on any atom is -0.496 e. The summed E-state index contributed by atoms with van der Waals surface area (Å²) in [5, 5.41) is 3.04. The molecule has 0 saturated heterocycles. The molecular formula is C18H21NO2. The third kappa shape index (κ3) is 3.43. The largest absolute Gasteiger partial charge is 0.496 e. The van der Waals surface area contributed by atoms with Crippen molar-refractivity contribution < 1.29 is 9.53 Å². The Morgan fingerprint density at radius 2 is 1.81 bits per heavy atom. The first-order chi connectivity index (χ1) is 10.0. The number of aryl methyl sites for hydroxylation is 2. The van der Waals surface area contributed by atoms with Gasteiger partial charge in [0, 0.05) is 5.56 Å². The van der Waals surface area contributed by atoms with Crippen LogP contribution in [0.5, 0.6) is 5.75 Å². The molecule has 0 aliphatic carbocycles. The Bertz CT molecular complexity index is 649. The molecule has 21 heavy (non-hydrogen) atoms. The fraction of sp³-hybridized carbons (Fsp3) is 0.278. The van der Waals surface area contributed by atoms with Gasteiger partial charge in [0.1, 0.15) is 5.75 Å². The predicted molar refractivity (Wildman–Crippen MR) is 84.8 cm³/mol. The topological polar surface area (TPSA) is 38.3 Å². The van der Waals surface area contributed by atoms with Crippen LogP contribution in [-0.2, 0) is 0 Å². The van der Waals surface area contributed by atoms with E-state index in [0.717, 1.165) is 16.9 Å². The normalized spacial score (nSPS) is 11.8. The molecule has 0 fully saturated rings. The average Bonchev–Trinajstić information content (AvgIpc) is 2.47. The van der Waals surface area contributed by atoms with Gasteiger partial charge >= 0.3 is 0 Å². The van der Waals surface area contributed by atoms with Crippen LogP contribution in [-0.4, -0.2) is 13.0 Å². The summed E-state index contributed by atoms with van der Waals surface area (Å²) in [7, 11) is 1.63. The minimum absolute atomic E-state index is 0.0268. The lowest BCUT2D eigenvalue weighted by Crippen LogP contribution is -2.27. The Balaban J connectivity index is 2.14. The van der Waals surface area contributed by atoms with Crippen LogP contribution < -0.4 is 10.1 Å². The van der Waals surface area contributed by atoms with Crippen molar-refractivity contribution in [1.82, 2.24) is 5.32 Å². The molecule has 3 nitrogen and oxygen atoms in total. The molecule has 0 saturated carbocycles. The number of carbonyl (C=O) groups is 1. The van der Waals surface area contributed by atoms with Crippen LogP contribution >= 0.6 is 0 Å². The van der Waals surface area contributed by atoms with E-state index in [-0.39, 0.29) is 11.9 Å². The molecule has 0 aromatic heterocycles. The summed E-state index contributed by atoms with van der Waals surface area (Å²) in [4.78, 5) is 12.3. The third-order valence-corrected chi connectivity index (χ3v) is 3.66. The molecule has 1 unspecified atom stereocenters. The van der Waals surface area contributed by atoms with Crippen LogP contribution in [0.4, 0.5) is 0 Å². The summed E-state index contributed by atoms with van der Waals surface area (Å²) in [5.41, 5.74) is 3.91. The van der Waals surface area contributed by atoms with Crippen LogP contribution in [0, 0.1) is 13.8 Å². The molecule has 0 spiro atoms. The highest BCUT2D eigenvalue weighted by Gasteiger charge is 2.13. The van der Waals surface area contributed by atoms with Crippen molar-refractivity contribution in [3.8, 4) is 5.75 Å². The standard InChI is InChI=1S/C18H21NO2/c1-12-7-5-6-8-16(12)14(3)19-18(20)15-9-10-17(21-4)13(2)11-15/h5-11,14H,1-4H3,(H,19,20). The van der Waals surface area contributed by atoms with Gasteiger partial charge in [-0.2, -0.15) is 0 Å². The molecule has 2 rings (SSSR count). The summed E-state index contributed by atoms with van der Waals surface area (Å²) >= 11 is 0. The highest BCUT2D eigenvalue weighted by Crippen LogP contribution is 2.20. The van der Waals surface area contributed by atoms with Crippen LogP contribution in [0.25, 0.3) is 0 Å². The molecule has 2 aromatic carbocycles. The second kappa shape index (κ2) is 6.44. The lowest BCUT2D eigenvalue weighted by atomic mass is 10.0. The quantitative estimate of drug-likeness (QED) is 0.926. The highest BCUT2D eigenvalue weighted by molar-refractivity contribution is 5.94. The van der Waals surface area contributed by atoms with Crippen LogP contribution in [0.1, 0.15) is 40.0 Å². The first kappa shape index (κ1) is 15.1. The highest BCUT2D eigenvalue weighted by atomic mass is 16.5. The number of nitrogens with one attached hydrogen (secondary N) is 1. The Kier molecular flexibility index (Phi) is 4.63. The predicted octanol–water partition coefficient (Wildman–Crippen LogP) is 3.80. The Morgan fingerprint density at radius 1 is 1.10 bits per heavy atom. The van der Waals surface area contributed by atoms with E-state index >= 15 is 0 Å². The van der Waals surface area contributed by atoms with Gasteiger partial charge in [0.25, 0.3) is 5.91 Å². The van der Waals surface area contributed by atoms with Gasteiger partial charge in [-0.25, -0.2) is 0 Å². The first-order valence-electron chi connectivity index (χ1n) is 7.04. The van der Waals surface area contributed by atoms with E-state index in [1.807, 2.05) is 44.2 Å². The van der Waals surface area contributed by atoms with Gasteiger partial charge in [-0.3, -0.25) is 4.79 Å². The SMILES string of the molecule is COc1ccc(C(=O)NC(C)c2ccccc2C)cc1C. The van der Waals surface area contributed by atoms with Crippen molar-refractivity contribution in [2.45, 2.75) is 26.8 Å². The van der Waals surface area contributed by atoms with Gasteiger partial charge in [-0.05, 0) is 55.7 Å². The van der Waals surface area contributed by atoms with Gasteiger partial charge in [-0.15, -0.1) is 0 Å². The van der Waals surface area contributed by atoms with E-state index in [0.29, 0.717) is 5.56 Å². The molecule has 0 aliphatic rings. The van der Waals surface area contributed by atoms with Gasteiger partial charge < -0.3 is 10.1 Å². The fourth-order valence-electron chi connectivity index (χ4n) is 2.45. The molecule has 1 amide bonds. The van der Waals surface area contributed by atoms with Crippen LogP contribution in [0.3, 0.4) is 0 Å². The summed E-state index contributed by atoms with van der Waals surface area (Å²) in [6.45, 7) is 5.98. The molecule has 2 aromatic rings. The Hall–Kier alpha value is -2.29. The summed E-state index contributed by atoms with van der Waals surface area (Å²) in [5.74, 6) is 0.718. The first-order valence-corrected chi connectivity index (χ1v) is 7.04. The Morgan fingerprint density at radius 3 is 2.43 bits per heavy atom. The maximum atomic E-state index is 12.3. The van der Waals surface area contributed by atoms with Crippen molar-refractivity contribution in [3.05, 3.63) is 64.7 Å². The molecule has 110 valence electrons. The van der Waals surface area contributed by atoms with Crippen molar-refractivity contribution >= 4 is 5.91 Å². The minimum atomic E-state index is -0.0727. The van der Waals surface area contributed by atoms with E-state index in [4.69, 9.17) is 4.74 Å². The second-order valence-corrected chi connectivity index (χ2v) is 5.24. The smallest absolute Gasteiger partial charge is 0.251 e. The number of hydrogen-bond donors (Lipinski definition) is 1. The van der Waals surface area contributed by atoms with Crippen molar-refractivity contribution in [1.29, 1.82) is 0 Å². The number of ether oxygens (including phenoxy) is 1. The number of rotatable bonds is 4. The van der Waals surface area contributed by atoms with Crippen LogP contribution in [0.15, 0.2) is 42.5 Å². The molecule has 0 radical (unpaired) electrons. The maximum Gasteiger partial charge on any atom is 0.251 e. The number of benzene rings is 2. The average molecular weight is 283 g/mol. The van der Waals surface area contributed by atoms with E-state index in [1.165, 1.54) is 5.56 Å². The number of carbonyl (C=O) groups excluding carboxylic acids is 1. The van der Waals surface area contributed by atoms with E-state index in [9.17, 15) is 4.79 Å². The van der Waals surface area contributed by atoms with Crippen LogP contribution in [0.2, 0.25) is 0 Å². The summed E-state index contributed by atoms with van der Waals surface area (Å²) < 4.78 is 5.21. The molecule has 3 heteroatoms. The monoisotopic (exact) mass is 283 g/mol. The summed E-state index contributed by atoms with van der Waals surface area (Å²) in [6.07, 6.45) is 0. The fourth-order valence-corrected chi connectivity index (χ4v) is 2.45. The summed E-state index contributed by atoms with van der Waals surface area (Å²) in [6, 6.07) is 13.5. The Labute approximate surface area is 126 Å². The van der Waals surface area contributed by atoms with Crippen molar-refractivity contribution in [2.24, 2.45) is 0 Å². The number of amides is 1. The molecule has 0 aliphatic heterocycles. The van der Waals surface area contributed by atoms with Gasteiger partial charge in [0.2, 0.25) is 0 Å². The van der Waals surface area contributed by atoms with Gasteiger partial charge in [-0.1, -0.05) is 24.3 Å². The van der Waals surface area contributed by atoms with E-state index in [1.54, 1.807) is 13.2 Å². The second-order valence-electron chi connectivity index (χ2n) is 5.24. The lowest BCUT2D eigenvalue weighted by molar-refractivity contribution is 0.0939. The molecule has 1 N–H and O–H groups in total. The third-order valence-electron chi connectivity index (χ3n) is 3.66. The van der Waals surface area contributed by atoms with Crippen molar-refractivity contribution in [2.75, 3.05) is 7.11 Å².